The molecule has 0 bridgehead atoms. The van der Waals surface area contributed by atoms with Gasteiger partial charge in [-0.25, -0.2) is 0 Å². The van der Waals surface area contributed by atoms with Gasteiger partial charge in [0.1, 0.15) is 0 Å². The number of nitrogens with one attached hydrogen (secondary N) is 1. The van der Waals surface area contributed by atoms with E-state index in [2.05, 4.69) is 21.2 Å². The van der Waals surface area contributed by atoms with Gasteiger partial charge in [0.15, 0.2) is 0 Å². The van der Waals surface area contributed by atoms with Crippen molar-refractivity contribution in [2.45, 2.75) is 25.4 Å². The SMILES string of the molecule is CC(NC(=O)C(N)CC(N)=O)c1ccc(Br)cc1.Cl. The molecule has 0 spiro atoms. The number of hydrogen-bond donors (Lipinski definition) is 3. The van der Waals surface area contributed by atoms with E-state index in [0.717, 1.165) is 10.0 Å². The third-order valence-corrected chi connectivity index (χ3v) is 3.02. The first-order valence-corrected chi connectivity index (χ1v) is 6.29. The Hall–Kier alpha value is -1.11. The molecule has 1 rings (SSSR count). The van der Waals surface area contributed by atoms with Gasteiger partial charge < -0.3 is 16.8 Å². The molecule has 0 radical (unpaired) electrons. The Bertz CT molecular complexity index is 439. The number of carbonyl (C=O) groups is 2. The van der Waals surface area contributed by atoms with Crippen molar-refractivity contribution in [1.29, 1.82) is 0 Å². The van der Waals surface area contributed by atoms with E-state index in [1.54, 1.807) is 0 Å². The molecule has 0 aliphatic heterocycles. The molecule has 5 nitrogen and oxygen atoms in total. The van der Waals surface area contributed by atoms with Crippen molar-refractivity contribution in [3.05, 3.63) is 34.3 Å². The van der Waals surface area contributed by atoms with Crippen molar-refractivity contribution in [2.24, 2.45) is 11.5 Å². The van der Waals surface area contributed by atoms with E-state index < -0.39 is 11.9 Å². The van der Waals surface area contributed by atoms with Gasteiger partial charge in [-0.15, -0.1) is 12.4 Å². The molecule has 106 valence electrons. The molecule has 0 fully saturated rings. The Kier molecular flexibility index (Phi) is 7.66. The second-order valence-electron chi connectivity index (χ2n) is 4.06. The van der Waals surface area contributed by atoms with Gasteiger partial charge in [0, 0.05) is 4.47 Å². The Balaban J connectivity index is 0.00000324. The van der Waals surface area contributed by atoms with Crippen molar-refractivity contribution < 1.29 is 9.59 Å². The summed E-state index contributed by atoms with van der Waals surface area (Å²) in [6.45, 7) is 1.85. The molecule has 1 aromatic carbocycles. The van der Waals surface area contributed by atoms with Crippen molar-refractivity contribution >= 4 is 40.2 Å². The molecular formula is C12H17BrClN3O2. The molecule has 0 aromatic heterocycles. The lowest BCUT2D eigenvalue weighted by Gasteiger charge is -2.17. The zero-order valence-electron chi connectivity index (χ0n) is 10.4. The molecule has 0 saturated heterocycles. The first-order valence-electron chi connectivity index (χ1n) is 5.50. The lowest BCUT2D eigenvalue weighted by atomic mass is 10.1. The average Bonchev–Trinajstić information content (AvgIpc) is 2.28. The molecule has 2 unspecified atom stereocenters. The molecule has 7 heteroatoms. The van der Waals surface area contributed by atoms with E-state index in [0.29, 0.717) is 0 Å². The number of nitrogens with two attached hydrogens (primary N) is 2. The molecule has 5 N–H and O–H groups in total. The summed E-state index contributed by atoms with van der Waals surface area (Å²) in [5.41, 5.74) is 11.5. The molecule has 1 aromatic rings. The highest BCUT2D eigenvalue weighted by Gasteiger charge is 2.18. The smallest absolute Gasteiger partial charge is 0.237 e. The van der Waals surface area contributed by atoms with Gasteiger partial charge in [0.2, 0.25) is 11.8 Å². The molecule has 0 heterocycles. The number of rotatable bonds is 5. The fourth-order valence-corrected chi connectivity index (χ4v) is 1.73. The van der Waals surface area contributed by atoms with E-state index in [1.807, 2.05) is 31.2 Å². The number of benzene rings is 1. The maximum absolute atomic E-state index is 11.7. The Labute approximate surface area is 126 Å². The van der Waals surface area contributed by atoms with Crippen LogP contribution in [-0.2, 0) is 9.59 Å². The molecule has 0 aliphatic rings. The van der Waals surface area contributed by atoms with Crippen LogP contribution in [0.3, 0.4) is 0 Å². The highest BCUT2D eigenvalue weighted by molar-refractivity contribution is 9.10. The van der Waals surface area contributed by atoms with Crippen LogP contribution in [0.15, 0.2) is 28.7 Å². The second-order valence-corrected chi connectivity index (χ2v) is 4.97. The standard InChI is InChI=1S/C12H16BrN3O2.ClH/c1-7(8-2-4-9(13)5-3-8)16-12(18)10(14)6-11(15)17;/h2-5,7,10H,6,14H2,1H3,(H2,15,17)(H,16,18);1H. The van der Waals surface area contributed by atoms with Crippen LogP contribution < -0.4 is 16.8 Å². The van der Waals surface area contributed by atoms with Crippen molar-refractivity contribution in [3.8, 4) is 0 Å². The number of hydrogen-bond acceptors (Lipinski definition) is 3. The molecule has 19 heavy (non-hydrogen) atoms. The lowest BCUT2D eigenvalue weighted by molar-refractivity contribution is -0.126. The van der Waals surface area contributed by atoms with Gasteiger partial charge in [-0.2, -0.15) is 0 Å². The zero-order chi connectivity index (χ0) is 13.7. The summed E-state index contributed by atoms with van der Waals surface area (Å²) in [4.78, 5) is 22.3. The number of halogens is 2. The topological polar surface area (TPSA) is 98.2 Å². The summed E-state index contributed by atoms with van der Waals surface area (Å²) in [5.74, 6) is -0.974. The van der Waals surface area contributed by atoms with Crippen LogP contribution in [-0.4, -0.2) is 17.9 Å². The summed E-state index contributed by atoms with van der Waals surface area (Å²) >= 11 is 3.34. The maximum Gasteiger partial charge on any atom is 0.237 e. The van der Waals surface area contributed by atoms with E-state index in [4.69, 9.17) is 11.5 Å². The van der Waals surface area contributed by atoms with E-state index in [-0.39, 0.29) is 30.8 Å². The van der Waals surface area contributed by atoms with Crippen molar-refractivity contribution in [2.75, 3.05) is 0 Å². The predicted octanol–water partition coefficient (Wildman–Crippen LogP) is 1.25. The van der Waals surface area contributed by atoms with Crippen LogP contribution in [0, 0.1) is 0 Å². The largest absolute Gasteiger partial charge is 0.370 e. The predicted molar refractivity (Wildman–Crippen MR) is 79.7 cm³/mol. The van der Waals surface area contributed by atoms with Gasteiger partial charge >= 0.3 is 0 Å². The van der Waals surface area contributed by atoms with Gasteiger partial charge in [0.25, 0.3) is 0 Å². The number of carbonyl (C=O) groups excluding carboxylic acids is 2. The summed E-state index contributed by atoms with van der Waals surface area (Å²) in [5, 5.41) is 2.73. The van der Waals surface area contributed by atoms with Crippen LogP contribution in [0.1, 0.15) is 24.9 Å². The molecule has 2 amide bonds. The third-order valence-electron chi connectivity index (χ3n) is 2.49. The van der Waals surface area contributed by atoms with Crippen molar-refractivity contribution in [3.63, 3.8) is 0 Å². The highest BCUT2D eigenvalue weighted by atomic mass is 79.9. The monoisotopic (exact) mass is 349 g/mol. The normalized spacial score (nSPS) is 13.0. The third kappa shape index (κ3) is 6.04. The van der Waals surface area contributed by atoms with Crippen LogP contribution in [0.25, 0.3) is 0 Å². The molecule has 0 saturated carbocycles. The van der Waals surface area contributed by atoms with E-state index >= 15 is 0 Å². The highest BCUT2D eigenvalue weighted by Crippen LogP contribution is 2.16. The quantitative estimate of drug-likeness (QED) is 0.745. The minimum absolute atomic E-state index is 0. The number of primary amides is 1. The van der Waals surface area contributed by atoms with Crippen LogP contribution >= 0.6 is 28.3 Å². The van der Waals surface area contributed by atoms with E-state index in [9.17, 15) is 9.59 Å². The van der Waals surface area contributed by atoms with Gasteiger partial charge in [-0.05, 0) is 24.6 Å². The van der Waals surface area contributed by atoms with Crippen LogP contribution in [0.4, 0.5) is 0 Å². The average molecular weight is 351 g/mol. The number of amides is 2. The summed E-state index contributed by atoms with van der Waals surface area (Å²) < 4.78 is 0.968. The maximum atomic E-state index is 11.7. The summed E-state index contributed by atoms with van der Waals surface area (Å²) in [7, 11) is 0. The Morgan fingerprint density at radius 2 is 1.84 bits per heavy atom. The summed E-state index contributed by atoms with van der Waals surface area (Å²) in [6.07, 6.45) is -0.154. The first kappa shape index (κ1) is 17.9. The van der Waals surface area contributed by atoms with Gasteiger partial charge in [0.05, 0.1) is 18.5 Å². The Morgan fingerprint density at radius 1 is 1.32 bits per heavy atom. The minimum Gasteiger partial charge on any atom is -0.370 e. The molecular weight excluding hydrogens is 334 g/mol. The van der Waals surface area contributed by atoms with Crippen LogP contribution in [0.5, 0.6) is 0 Å². The zero-order valence-corrected chi connectivity index (χ0v) is 12.8. The summed E-state index contributed by atoms with van der Waals surface area (Å²) in [6, 6.07) is 6.50. The van der Waals surface area contributed by atoms with E-state index in [1.165, 1.54) is 0 Å². The second kappa shape index (κ2) is 8.14. The fraction of sp³-hybridized carbons (Fsp3) is 0.333. The first-order chi connectivity index (χ1) is 8.40. The molecule has 0 aliphatic carbocycles. The molecule has 2 atom stereocenters. The van der Waals surface area contributed by atoms with Crippen LogP contribution in [0.2, 0.25) is 0 Å². The van der Waals surface area contributed by atoms with Gasteiger partial charge in [-0.3, -0.25) is 9.59 Å². The minimum atomic E-state index is -0.902. The Morgan fingerprint density at radius 3 is 2.32 bits per heavy atom. The fourth-order valence-electron chi connectivity index (χ4n) is 1.46. The lowest BCUT2D eigenvalue weighted by Crippen LogP contribution is -2.43. The van der Waals surface area contributed by atoms with Crippen molar-refractivity contribution in [1.82, 2.24) is 5.32 Å². The van der Waals surface area contributed by atoms with Gasteiger partial charge in [-0.1, -0.05) is 28.1 Å².